The van der Waals surface area contributed by atoms with E-state index in [2.05, 4.69) is 5.32 Å². The van der Waals surface area contributed by atoms with Gasteiger partial charge in [-0.1, -0.05) is 41.4 Å². The fourth-order valence-electron chi connectivity index (χ4n) is 2.49. The Hall–Kier alpha value is -2.00. The Morgan fingerprint density at radius 2 is 1.91 bits per heavy atom. The number of benzene rings is 2. The highest BCUT2D eigenvalue weighted by Gasteiger charge is 2.14. The SMILES string of the molecule is COc1ccc(C)cc1C(C)NC(=O)CCc1ccc(Cl)cc1. The van der Waals surface area contributed by atoms with Crippen LogP contribution in [-0.2, 0) is 11.2 Å². The largest absolute Gasteiger partial charge is 0.496 e. The van der Waals surface area contributed by atoms with E-state index >= 15 is 0 Å². The molecule has 0 aromatic heterocycles. The Kier molecular flexibility index (Phi) is 6.05. The van der Waals surface area contributed by atoms with Gasteiger partial charge in [-0.3, -0.25) is 4.79 Å². The number of carbonyl (C=O) groups is 1. The topological polar surface area (TPSA) is 38.3 Å². The summed E-state index contributed by atoms with van der Waals surface area (Å²) < 4.78 is 5.38. The average molecular weight is 332 g/mol. The van der Waals surface area contributed by atoms with Gasteiger partial charge in [0.2, 0.25) is 5.91 Å². The van der Waals surface area contributed by atoms with E-state index in [1.807, 2.05) is 56.3 Å². The van der Waals surface area contributed by atoms with Crippen molar-refractivity contribution in [3.63, 3.8) is 0 Å². The quantitative estimate of drug-likeness (QED) is 0.848. The average Bonchev–Trinajstić information content (AvgIpc) is 2.54. The van der Waals surface area contributed by atoms with Crippen molar-refractivity contribution in [2.75, 3.05) is 7.11 Å². The van der Waals surface area contributed by atoms with Crippen LogP contribution in [-0.4, -0.2) is 13.0 Å². The molecule has 0 aliphatic rings. The molecule has 3 nitrogen and oxygen atoms in total. The third-order valence-corrected chi connectivity index (χ3v) is 4.04. The molecule has 0 saturated carbocycles. The highest BCUT2D eigenvalue weighted by atomic mass is 35.5. The fourth-order valence-corrected chi connectivity index (χ4v) is 2.62. The van der Waals surface area contributed by atoms with Gasteiger partial charge in [0.1, 0.15) is 5.75 Å². The molecule has 0 bridgehead atoms. The van der Waals surface area contributed by atoms with Gasteiger partial charge in [0.25, 0.3) is 0 Å². The summed E-state index contributed by atoms with van der Waals surface area (Å²) in [5, 5.41) is 3.74. The number of aryl methyl sites for hydroxylation is 2. The van der Waals surface area contributed by atoms with Crippen LogP contribution < -0.4 is 10.1 Å². The van der Waals surface area contributed by atoms with Gasteiger partial charge >= 0.3 is 0 Å². The lowest BCUT2D eigenvalue weighted by Crippen LogP contribution is -2.27. The Balaban J connectivity index is 1.94. The molecule has 0 aliphatic carbocycles. The molecule has 23 heavy (non-hydrogen) atoms. The molecule has 0 heterocycles. The van der Waals surface area contributed by atoms with Crippen LogP contribution in [0.15, 0.2) is 42.5 Å². The van der Waals surface area contributed by atoms with Crippen LogP contribution in [0, 0.1) is 6.92 Å². The van der Waals surface area contributed by atoms with Crippen LogP contribution in [0.1, 0.15) is 36.1 Å². The monoisotopic (exact) mass is 331 g/mol. The maximum atomic E-state index is 12.2. The predicted molar refractivity (Wildman–Crippen MR) is 94.1 cm³/mol. The minimum absolute atomic E-state index is 0.0241. The molecule has 122 valence electrons. The molecule has 0 fully saturated rings. The first-order valence-corrected chi connectivity index (χ1v) is 8.05. The maximum absolute atomic E-state index is 12.2. The number of nitrogens with one attached hydrogen (secondary N) is 1. The van der Waals surface area contributed by atoms with Gasteiger partial charge in [-0.05, 0) is 44.0 Å². The van der Waals surface area contributed by atoms with E-state index in [1.165, 1.54) is 0 Å². The summed E-state index contributed by atoms with van der Waals surface area (Å²) in [5.41, 5.74) is 3.24. The van der Waals surface area contributed by atoms with Crippen molar-refractivity contribution in [3.05, 3.63) is 64.2 Å². The van der Waals surface area contributed by atoms with Gasteiger partial charge in [-0.15, -0.1) is 0 Å². The number of methoxy groups -OCH3 is 1. The van der Waals surface area contributed by atoms with Crippen LogP contribution >= 0.6 is 11.6 Å². The van der Waals surface area contributed by atoms with E-state index in [4.69, 9.17) is 16.3 Å². The second-order valence-electron chi connectivity index (χ2n) is 5.66. The van der Waals surface area contributed by atoms with Crippen molar-refractivity contribution in [2.45, 2.75) is 32.7 Å². The second kappa shape index (κ2) is 8.02. The molecule has 0 spiro atoms. The summed E-state index contributed by atoms with van der Waals surface area (Å²) in [7, 11) is 1.64. The van der Waals surface area contributed by atoms with Crippen LogP contribution in [0.5, 0.6) is 5.75 Å². The normalized spacial score (nSPS) is 11.8. The van der Waals surface area contributed by atoms with E-state index in [9.17, 15) is 4.79 Å². The zero-order valence-electron chi connectivity index (χ0n) is 13.7. The number of rotatable bonds is 6. The molecule has 2 aromatic carbocycles. The molecule has 2 rings (SSSR count). The van der Waals surface area contributed by atoms with Gasteiger partial charge < -0.3 is 10.1 Å². The number of amides is 1. The van der Waals surface area contributed by atoms with Crippen LogP contribution in [0.3, 0.4) is 0 Å². The van der Waals surface area contributed by atoms with Crippen molar-refractivity contribution >= 4 is 17.5 Å². The zero-order chi connectivity index (χ0) is 16.8. The predicted octanol–water partition coefficient (Wildman–Crippen LogP) is 4.47. The zero-order valence-corrected chi connectivity index (χ0v) is 14.5. The van der Waals surface area contributed by atoms with Gasteiger partial charge in [0.05, 0.1) is 13.2 Å². The Morgan fingerprint density at radius 1 is 1.22 bits per heavy atom. The highest BCUT2D eigenvalue weighted by Crippen LogP contribution is 2.26. The molecule has 1 atom stereocenters. The number of halogens is 1. The molecular weight excluding hydrogens is 310 g/mol. The van der Waals surface area contributed by atoms with E-state index in [1.54, 1.807) is 7.11 Å². The molecule has 4 heteroatoms. The summed E-state index contributed by atoms with van der Waals surface area (Å²) in [6.45, 7) is 4.00. The lowest BCUT2D eigenvalue weighted by molar-refractivity contribution is -0.121. The van der Waals surface area contributed by atoms with Crippen LogP contribution in [0.4, 0.5) is 0 Å². The number of ether oxygens (including phenoxy) is 1. The van der Waals surface area contributed by atoms with Crippen molar-refractivity contribution in [1.82, 2.24) is 5.32 Å². The Labute approximate surface area is 142 Å². The number of hydrogen-bond acceptors (Lipinski definition) is 2. The fraction of sp³-hybridized carbons (Fsp3) is 0.316. The number of hydrogen-bond donors (Lipinski definition) is 1. The molecule has 0 radical (unpaired) electrons. The molecule has 0 saturated heterocycles. The van der Waals surface area contributed by atoms with Crippen molar-refractivity contribution < 1.29 is 9.53 Å². The van der Waals surface area contributed by atoms with E-state index in [0.717, 1.165) is 22.4 Å². The Bertz CT molecular complexity index is 668. The molecule has 0 aliphatic heterocycles. The molecule has 1 amide bonds. The maximum Gasteiger partial charge on any atom is 0.220 e. The van der Waals surface area contributed by atoms with Crippen LogP contribution in [0.25, 0.3) is 0 Å². The first kappa shape index (κ1) is 17.4. The van der Waals surface area contributed by atoms with Crippen molar-refractivity contribution in [2.24, 2.45) is 0 Å². The van der Waals surface area contributed by atoms with E-state index in [-0.39, 0.29) is 11.9 Å². The lowest BCUT2D eigenvalue weighted by atomic mass is 10.0. The van der Waals surface area contributed by atoms with Crippen molar-refractivity contribution in [1.29, 1.82) is 0 Å². The third-order valence-electron chi connectivity index (χ3n) is 3.78. The summed E-state index contributed by atoms with van der Waals surface area (Å²) in [6.07, 6.45) is 1.14. The first-order chi connectivity index (χ1) is 11.0. The van der Waals surface area contributed by atoms with Gasteiger partial charge in [-0.2, -0.15) is 0 Å². The van der Waals surface area contributed by atoms with Gasteiger partial charge in [-0.25, -0.2) is 0 Å². The summed E-state index contributed by atoms with van der Waals surface area (Å²) in [5.74, 6) is 0.817. The Morgan fingerprint density at radius 3 is 2.57 bits per heavy atom. The summed E-state index contributed by atoms with van der Waals surface area (Å²) in [4.78, 5) is 12.2. The molecule has 1 unspecified atom stereocenters. The van der Waals surface area contributed by atoms with Crippen molar-refractivity contribution in [3.8, 4) is 5.75 Å². The smallest absolute Gasteiger partial charge is 0.220 e. The highest BCUT2D eigenvalue weighted by molar-refractivity contribution is 6.30. The van der Waals surface area contributed by atoms with Gasteiger partial charge in [0, 0.05) is 17.0 Å². The first-order valence-electron chi connectivity index (χ1n) is 7.68. The summed E-state index contributed by atoms with van der Waals surface area (Å²) in [6, 6.07) is 13.5. The standard InChI is InChI=1S/C19H22ClNO2/c1-13-4-10-18(23-3)17(12-13)14(2)21-19(22)11-7-15-5-8-16(20)9-6-15/h4-6,8-10,12,14H,7,11H2,1-3H3,(H,21,22). The van der Waals surface area contributed by atoms with E-state index in [0.29, 0.717) is 17.9 Å². The third kappa shape index (κ3) is 5.00. The minimum atomic E-state index is -0.0948. The van der Waals surface area contributed by atoms with Gasteiger partial charge in [0.15, 0.2) is 0 Å². The summed E-state index contributed by atoms with van der Waals surface area (Å²) >= 11 is 5.86. The second-order valence-corrected chi connectivity index (χ2v) is 6.10. The lowest BCUT2D eigenvalue weighted by Gasteiger charge is -2.18. The molecule has 1 N–H and O–H groups in total. The minimum Gasteiger partial charge on any atom is -0.496 e. The van der Waals surface area contributed by atoms with Crippen LogP contribution in [0.2, 0.25) is 5.02 Å². The number of carbonyl (C=O) groups excluding carboxylic acids is 1. The molecular formula is C19H22ClNO2. The van der Waals surface area contributed by atoms with E-state index < -0.39 is 0 Å². The molecule has 2 aromatic rings.